The number of hydrogen-bond donors (Lipinski definition) is 3. The normalized spacial score (nSPS) is 18.7. The van der Waals surface area contributed by atoms with Gasteiger partial charge in [0.2, 0.25) is 0 Å². The molecule has 1 aromatic rings. The number of likely N-dealkylation sites (N-methyl/N-ethyl adjacent to an activating group) is 1. The average Bonchev–Trinajstić information content (AvgIpc) is 2.37. The quantitative estimate of drug-likeness (QED) is 0.716. The fraction of sp³-hybridized carbons (Fsp3) is 0.231. The SMILES string of the molecule is CNC(=O)C1=C(C)NC(=S)N[C@@H]1c1ccccc1F. The molecule has 19 heavy (non-hydrogen) atoms. The minimum atomic E-state index is -0.588. The Morgan fingerprint density at radius 1 is 1.42 bits per heavy atom. The molecule has 0 bridgehead atoms. The lowest BCUT2D eigenvalue weighted by Crippen LogP contribution is -2.46. The van der Waals surface area contributed by atoms with Crippen LogP contribution in [-0.2, 0) is 4.79 Å². The molecule has 6 heteroatoms. The Bertz CT molecular complexity index is 571. The van der Waals surface area contributed by atoms with Gasteiger partial charge in [-0.3, -0.25) is 4.79 Å². The summed E-state index contributed by atoms with van der Waals surface area (Å²) in [6.45, 7) is 1.74. The Morgan fingerprint density at radius 2 is 2.11 bits per heavy atom. The Kier molecular flexibility index (Phi) is 3.80. The van der Waals surface area contributed by atoms with Crippen molar-refractivity contribution in [2.24, 2.45) is 0 Å². The molecule has 0 radical (unpaired) electrons. The summed E-state index contributed by atoms with van der Waals surface area (Å²) in [5.41, 5.74) is 1.45. The van der Waals surface area contributed by atoms with Gasteiger partial charge in [0.25, 0.3) is 5.91 Å². The molecule has 1 atom stereocenters. The summed E-state index contributed by atoms with van der Waals surface area (Å²) in [7, 11) is 1.54. The molecule has 2 rings (SSSR count). The third-order valence-corrected chi connectivity index (χ3v) is 3.18. The van der Waals surface area contributed by atoms with Gasteiger partial charge in [0, 0.05) is 18.3 Å². The highest BCUT2D eigenvalue weighted by atomic mass is 32.1. The van der Waals surface area contributed by atoms with E-state index in [-0.39, 0.29) is 11.7 Å². The second kappa shape index (κ2) is 5.36. The van der Waals surface area contributed by atoms with E-state index in [0.717, 1.165) is 0 Å². The summed E-state index contributed by atoms with van der Waals surface area (Å²) in [6.07, 6.45) is 0. The number of amides is 1. The average molecular weight is 279 g/mol. The van der Waals surface area contributed by atoms with E-state index in [1.165, 1.54) is 13.1 Å². The topological polar surface area (TPSA) is 53.2 Å². The van der Waals surface area contributed by atoms with E-state index in [0.29, 0.717) is 21.9 Å². The number of rotatable bonds is 2. The lowest BCUT2D eigenvalue weighted by molar-refractivity contribution is -0.117. The number of allylic oxidation sites excluding steroid dienone is 1. The van der Waals surface area contributed by atoms with Gasteiger partial charge >= 0.3 is 0 Å². The molecule has 0 spiro atoms. The molecule has 4 nitrogen and oxygen atoms in total. The van der Waals surface area contributed by atoms with E-state index < -0.39 is 6.04 Å². The van der Waals surface area contributed by atoms with Crippen molar-refractivity contribution in [1.29, 1.82) is 0 Å². The maximum absolute atomic E-state index is 13.9. The first-order valence-electron chi connectivity index (χ1n) is 5.79. The highest BCUT2D eigenvalue weighted by Crippen LogP contribution is 2.28. The molecular formula is C13H14FN3OS. The van der Waals surface area contributed by atoms with Crippen LogP contribution in [0, 0.1) is 5.82 Å². The number of benzene rings is 1. The molecule has 0 saturated heterocycles. The van der Waals surface area contributed by atoms with Crippen LogP contribution >= 0.6 is 12.2 Å². The Morgan fingerprint density at radius 3 is 2.74 bits per heavy atom. The van der Waals surface area contributed by atoms with Crippen molar-refractivity contribution in [2.75, 3.05) is 7.05 Å². The molecule has 1 aromatic carbocycles. The third kappa shape index (κ3) is 2.58. The minimum absolute atomic E-state index is 0.270. The zero-order valence-electron chi connectivity index (χ0n) is 10.6. The molecule has 1 aliphatic rings. The summed E-state index contributed by atoms with van der Waals surface area (Å²) in [6, 6.07) is 5.74. The van der Waals surface area contributed by atoms with Crippen molar-refractivity contribution in [3.8, 4) is 0 Å². The van der Waals surface area contributed by atoms with Crippen molar-refractivity contribution in [3.63, 3.8) is 0 Å². The summed E-state index contributed by atoms with van der Waals surface area (Å²) in [5, 5.41) is 8.74. The molecule has 3 N–H and O–H groups in total. The van der Waals surface area contributed by atoms with Gasteiger partial charge in [-0.05, 0) is 25.2 Å². The third-order valence-electron chi connectivity index (χ3n) is 2.96. The first-order chi connectivity index (χ1) is 9.04. The predicted molar refractivity (Wildman–Crippen MR) is 74.8 cm³/mol. The lowest BCUT2D eigenvalue weighted by atomic mass is 9.94. The Hall–Kier alpha value is -1.95. The zero-order valence-corrected chi connectivity index (χ0v) is 11.4. The number of halogens is 1. The van der Waals surface area contributed by atoms with Gasteiger partial charge in [-0.2, -0.15) is 0 Å². The second-order valence-electron chi connectivity index (χ2n) is 4.17. The van der Waals surface area contributed by atoms with Crippen LogP contribution in [0.3, 0.4) is 0 Å². The van der Waals surface area contributed by atoms with Crippen LogP contribution in [0.4, 0.5) is 4.39 Å². The predicted octanol–water partition coefficient (Wildman–Crippen LogP) is 1.36. The maximum atomic E-state index is 13.9. The summed E-state index contributed by atoms with van der Waals surface area (Å²) in [5.74, 6) is -0.646. The fourth-order valence-corrected chi connectivity index (χ4v) is 2.34. The van der Waals surface area contributed by atoms with E-state index in [4.69, 9.17) is 12.2 Å². The molecule has 0 aromatic heterocycles. The second-order valence-corrected chi connectivity index (χ2v) is 4.58. The number of carbonyl (C=O) groups excluding carboxylic acids is 1. The zero-order chi connectivity index (χ0) is 14.0. The van der Waals surface area contributed by atoms with Crippen LogP contribution < -0.4 is 16.0 Å². The molecule has 0 fully saturated rings. The Balaban J connectivity index is 2.53. The number of thiocarbonyl (C=S) groups is 1. The molecule has 0 unspecified atom stereocenters. The standard InChI is InChI=1S/C13H14FN3OS/c1-7-10(12(18)15-2)11(17-13(19)16-7)8-5-3-4-6-9(8)14/h3-6,11H,1-2H3,(H,15,18)(H2,16,17,19)/t11-/m1/s1. The molecule has 100 valence electrons. The van der Waals surface area contributed by atoms with Crippen LogP contribution in [0.5, 0.6) is 0 Å². The molecule has 0 saturated carbocycles. The van der Waals surface area contributed by atoms with Gasteiger partial charge in [0.1, 0.15) is 5.82 Å². The largest absolute Gasteiger partial charge is 0.355 e. The number of hydrogen-bond acceptors (Lipinski definition) is 2. The van der Waals surface area contributed by atoms with Gasteiger partial charge < -0.3 is 16.0 Å². The fourth-order valence-electron chi connectivity index (χ4n) is 2.07. The van der Waals surface area contributed by atoms with Crippen LogP contribution in [0.1, 0.15) is 18.5 Å². The lowest BCUT2D eigenvalue weighted by Gasteiger charge is -2.30. The van der Waals surface area contributed by atoms with E-state index in [2.05, 4.69) is 16.0 Å². The molecular weight excluding hydrogens is 265 g/mol. The molecule has 1 heterocycles. The van der Waals surface area contributed by atoms with Crippen LogP contribution in [-0.4, -0.2) is 18.1 Å². The summed E-state index contributed by atoms with van der Waals surface area (Å²) < 4.78 is 13.9. The Labute approximate surface area is 116 Å². The van der Waals surface area contributed by atoms with E-state index >= 15 is 0 Å². The first kappa shape index (κ1) is 13.5. The molecule has 1 aliphatic heterocycles. The van der Waals surface area contributed by atoms with Crippen molar-refractivity contribution >= 4 is 23.2 Å². The van der Waals surface area contributed by atoms with Crippen LogP contribution in [0.2, 0.25) is 0 Å². The highest BCUT2D eigenvalue weighted by molar-refractivity contribution is 7.80. The van der Waals surface area contributed by atoms with Crippen molar-refractivity contribution in [2.45, 2.75) is 13.0 Å². The van der Waals surface area contributed by atoms with Crippen molar-refractivity contribution in [3.05, 3.63) is 46.9 Å². The number of nitrogens with one attached hydrogen (secondary N) is 3. The summed E-state index contributed by atoms with van der Waals surface area (Å²) in [4.78, 5) is 12.0. The van der Waals surface area contributed by atoms with E-state index in [1.807, 2.05) is 0 Å². The maximum Gasteiger partial charge on any atom is 0.251 e. The highest BCUT2D eigenvalue weighted by Gasteiger charge is 2.30. The van der Waals surface area contributed by atoms with Gasteiger partial charge in [-0.1, -0.05) is 18.2 Å². The minimum Gasteiger partial charge on any atom is -0.355 e. The van der Waals surface area contributed by atoms with E-state index in [9.17, 15) is 9.18 Å². The smallest absolute Gasteiger partial charge is 0.251 e. The summed E-state index contributed by atoms with van der Waals surface area (Å²) >= 11 is 5.07. The van der Waals surface area contributed by atoms with Gasteiger partial charge in [-0.15, -0.1) is 0 Å². The molecule has 1 amide bonds. The van der Waals surface area contributed by atoms with Crippen molar-refractivity contribution in [1.82, 2.24) is 16.0 Å². The van der Waals surface area contributed by atoms with Gasteiger partial charge in [-0.25, -0.2) is 4.39 Å². The van der Waals surface area contributed by atoms with Crippen molar-refractivity contribution < 1.29 is 9.18 Å². The van der Waals surface area contributed by atoms with E-state index in [1.54, 1.807) is 25.1 Å². The van der Waals surface area contributed by atoms with Gasteiger partial charge in [0.05, 0.1) is 11.6 Å². The van der Waals surface area contributed by atoms with Crippen LogP contribution in [0.25, 0.3) is 0 Å². The van der Waals surface area contributed by atoms with Gasteiger partial charge in [0.15, 0.2) is 5.11 Å². The van der Waals surface area contributed by atoms with Crippen LogP contribution in [0.15, 0.2) is 35.5 Å². The monoisotopic (exact) mass is 279 g/mol. The number of carbonyl (C=O) groups is 1. The first-order valence-corrected chi connectivity index (χ1v) is 6.20. The molecule has 0 aliphatic carbocycles.